The number of hydrogen-bond donors (Lipinski definition) is 1. The maximum Gasteiger partial charge on any atom is 0.225 e. The molecule has 2 aliphatic rings. The molecule has 0 aromatic carbocycles. The van der Waals surface area contributed by atoms with Crippen molar-refractivity contribution in [3.05, 3.63) is 30.1 Å². The summed E-state index contributed by atoms with van der Waals surface area (Å²) >= 11 is 0. The van der Waals surface area contributed by atoms with E-state index in [1.807, 2.05) is 18.3 Å². The van der Waals surface area contributed by atoms with Crippen molar-refractivity contribution in [2.45, 2.75) is 38.6 Å². The van der Waals surface area contributed by atoms with E-state index in [2.05, 4.69) is 33.1 Å². The molecule has 1 atom stereocenters. The molecule has 5 nitrogen and oxygen atoms in total. The second-order valence-electron chi connectivity index (χ2n) is 7.08. The molecule has 0 unspecified atom stereocenters. The maximum atomic E-state index is 12.5. The van der Waals surface area contributed by atoms with Crippen molar-refractivity contribution in [2.75, 3.05) is 39.3 Å². The maximum absolute atomic E-state index is 12.5. The van der Waals surface area contributed by atoms with Gasteiger partial charge in [0.2, 0.25) is 5.91 Å². The van der Waals surface area contributed by atoms with Crippen molar-refractivity contribution in [1.29, 1.82) is 0 Å². The minimum Gasteiger partial charge on any atom is -0.340 e. The second-order valence-corrected chi connectivity index (χ2v) is 7.08. The van der Waals surface area contributed by atoms with Crippen LogP contribution in [-0.2, 0) is 4.79 Å². The predicted molar refractivity (Wildman–Crippen MR) is 95.6 cm³/mol. The smallest absolute Gasteiger partial charge is 0.225 e. The van der Waals surface area contributed by atoms with E-state index in [1.165, 1.54) is 12.8 Å². The number of carbonyl (C=O) groups is 1. The van der Waals surface area contributed by atoms with E-state index in [1.54, 1.807) is 0 Å². The third-order valence-electron chi connectivity index (χ3n) is 5.40. The Morgan fingerprint density at radius 3 is 2.67 bits per heavy atom. The molecule has 24 heavy (non-hydrogen) atoms. The van der Waals surface area contributed by atoms with Gasteiger partial charge in [0.25, 0.3) is 0 Å². The van der Waals surface area contributed by atoms with Gasteiger partial charge >= 0.3 is 0 Å². The van der Waals surface area contributed by atoms with Crippen LogP contribution in [0.4, 0.5) is 0 Å². The number of piperazine rings is 1. The Labute approximate surface area is 145 Å². The Bertz CT molecular complexity index is 507. The largest absolute Gasteiger partial charge is 0.340 e. The molecule has 1 amide bonds. The van der Waals surface area contributed by atoms with Gasteiger partial charge in [-0.3, -0.25) is 14.7 Å². The average Bonchev–Trinajstić information content (AvgIpc) is 3.17. The average molecular weight is 330 g/mol. The van der Waals surface area contributed by atoms with Crippen molar-refractivity contribution in [3.63, 3.8) is 0 Å². The van der Waals surface area contributed by atoms with Crippen molar-refractivity contribution in [1.82, 2.24) is 20.1 Å². The standard InChI is InChI=1S/C19H30N4O/c1-16(18-8-4-5-9-21-18)20-10-11-22-12-14-23(15-13-22)19(24)17-6-2-3-7-17/h4-5,8-9,16-17,20H,2-3,6-7,10-15H2,1H3/t16-/m1/s1. The van der Waals surface area contributed by atoms with E-state index < -0.39 is 0 Å². The number of hydrogen-bond acceptors (Lipinski definition) is 4. The van der Waals surface area contributed by atoms with Crippen molar-refractivity contribution < 1.29 is 4.79 Å². The fraction of sp³-hybridized carbons (Fsp3) is 0.684. The molecule has 2 heterocycles. The highest BCUT2D eigenvalue weighted by atomic mass is 16.2. The highest BCUT2D eigenvalue weighted by Gasteiger charge is 2.29. The van der Waals surface area contributed by atoms with Gasteiger partial charge in [-0.05, 0) is 31.9 Å². The zero-order chi connectivity index (χ0) is 16.8. The first-order valence-corrected chi connectivity index (χ1v) is 9.39. The highest BCUT2D eigenvalue weighted by molar-refractivity contribution is 5.79. The first kappa shape index (κ1) is 17.4. The monoisotopic (exact) mass is 330 g/mol. The molecular weight excluding hydrogens is 300 g/mol. The molecule has 1 aromatic heterocycles. The highest BCUT2D eigenvalue weighted by Crippen LogP contribution is 2.26. The third kappa shape index (κ3) is 4.54. The summed E-state index contributed by atoms with van der Waals surface area (Å²) in [6, 6.07) is 6.31. The molecule has 1 saturated carbocycles. The van der Waals surface area contributed by atoms with Crippen LogP contribution in [-0.4, -0.2) is 60.0 Å². The normalized spacial score (nSPS) is 21.1. The van der Waals surface area contributed by atoms with Crippen molar-refractivity contribution in [3.8, 4) is 0 Å². The molecule has 1 N–H and O–H groups in total. The zero-order valence-corrected chi connectivity index (χ0v) is 14.8. The predicted octanol–water partition coefficient (Wildman–Crippen LogP) is 2.07. The van der Waals surface area contributed by atoms with Crippen LogP contribution in [0.1, 0.15) is 44.3 Å². The minimum absolute atomic E-state index is 0.274. The number of nitrogens with zero attached hydrogens (tertiary/aromatic N) is 3. The summed E-state index contributed by atoms with van der Waals surface area (Å²) in [6.07, 6.45) is 6.52. The van der Waals surface area contributed by atoms with Crippen molar-refractivity contribution >= 4 is 5.91 Å². The first-order valence-electron chi connectivity index (χ1n) is 9.39. The van der Waals surface area contributed by atoms with Crippen LogP contribution < -0.4 is 5.32 Å². The Balaban J connectivity index is 1.34. The van der Waals surface area contributed by atoms with E-state index in [9.17, 15) is 4.79 Å². The summed E-state index contributed by atoms with van der Waals surface area (Å²) in [5.74, 6) is 0.728. The Morgan fingerprint density at radius 2 is 2.00 bits per heavy atom. The quantitative estimate of drug-likeness (QED) is 0.867. The third-order valence-corrected chi connectivity index (χ3v) is 5.40. The van der Waals surface area contributed by atoms with E-state index in [0.29, 0.717) is 11.8 Å². The van der Waals surface area contributed by atoms with Gasteiger partial charge in [0, 0.05) is 57.4 Å². The lowest BCUT2D eigenvalue weighted by atomic mass is 10.1. The SMILES string of the molecule is C[C@@H](NCCN1CCN(C(=O)C2CCCC2)CC1)c1ccccn1. The summed E-state index contributed by atoms with van der Waals surface area (Å²) in [7, 11) is 0. The van der Waals surface area contributed by atoms with Gasteiger partial charge in [-0.2, -0.15) is 0 Å². The first-order chi connectivity index (χ1) is 11.7. The van der Waals surface area contributed by atoms with Gasteiger partial charge in [0.05, 0.1) is 5.69 Å². The molecule has 1 aromatic rings. The summed E-state index contributed by atoms with van der Waals surface area (Å²) < 4.78 is 0. The molecule has 3 rings (SSSR count). The molecule has 0 bridgehead atoms. The summed E-state index contributed by atoms with van der Waals surface area (Å²) in [5, 5.41) is 3.54. The van der Waals surface area contributed by atoms with Gasteiger partial charge in [-0.25, -0.2) is 0 Å². The van der Waals surface area contributed by atoms with E-state index in [-0.39, 0.29) is 6.04 Å². The van der Waals surface area contributed by atoms with Gasteiger partial charge in [0.15, 0.2) is 0 Å². The van der Waals surface area contributed by atoms with Crippen LogP contribution in [0.25, 0.3) is 0 Å². The van der Waals surface area contributed by atoms with Crippen LogP contribution in [0.5, 0.6) is 0 Å². The molecule has 0 radical (unpaired) electrons. The lowest BCUT2D eigenvalue weighted by Gasteiger charge is -2.36. The van der Waals surface area contributed by atoms with Gasteiger partial charge in [0.1, 0.15) is 0 Å². The van der Waals surface area contributed by atoms with Crippen LogP contribution in [0.3, 0.4) is 0 Å². The summed E-state index contributed by atoms with van der Waals surface area (Å²) in [4.78, 5) is 21.4. The Hall–Kier alpha value is -1.46. The van der Waals surface area contributed by atoms with E-state index in [0.717, 1.165) is 57.8 Å². The van der Waals surface area contributed by atoms with E-state index >= 15 is 0 Å². The molecule has 0 spiro atoms. The van der Waals surface area contributed by atoms with Gasteiger partial charge in [-0.1, -0.05) is 18.9 Å². The molecular formula is C19H30N4O. The lowest BCUT2D eigenvalue weighted by molar-refractivity contribution is -0.137. The molecule has 1 aliphatic heterocycles. The number of pyridine rings is 1. The zero-order valence-electron chi connectivity index (χ0n) is 14.8. The number of aromatic nitrogens is 1. The fourth-order valence-corrected chi connectivity index (χ4v) is 3.80. The molecule has 5 heteroatoms. The fourth-order valence-electron chi connectivity index (χ4n) is 3.80. The van der Waals surface area contributed by atoms with Crippen LogP contribution in [0.15, 0.2) is 24.4 Å². The summed E-state index contributed by atoms with van der Waals surface area (Å²) in [5.41, 5.74) is 1.09. The number of nitrogens with one attached hydrogen (secondary N) is 1. The topological polar surface area (TPSA) is 48.5 Å². The minimum atomic E-state index is 0.274. The molecule has 1 saturated heterocycles. The number of carbonyl (C=O) groups excluding carboxylic acids is 1. The van der Waals surface area contributed by atoms with E-state index in [4.69, 9.17) is 0 Å². The van der Waals surface area contributed by atoms with Crippen molar-refractivity contribution in [2.24, 2.45) is 5.92 Å². The molecule has 2 fully saturated rings. The van der Waals surface area contributed by atoms with Crippen LogP contribution >= 0.6 is 0 Å². The van der Waals surface area contributed by atoms with Gasteiger partial charge < -0.3 is 10.2 Å². The molecule has 132 valence electrons. The lowest BCUT2D eigenvalue weighted by Crippen LogP contribution is -2.51. The molecule has 1 aliphatic carbocycles. The van der Waals surface area contributed by atoms with Crippen LogP contribution in [0.2, 0.25) is 0 Å². The van der Waals surface area contributed by atoms with Gasteiger partial charge in [-0.15, -0.1) is 0 Å². The number of amides is 1. The number of rotatable bonds is 6. The Morgan fingerprint density at radius 1 is 1.25 bits per heavy atom. The Kier molecular flexibility index (Phi) is 6.21. The summed E-state index contributed by atoms with van der Waals surface area (Å²) in [6.45, 7) is 7.92. The second kappa shape index (κ2) is 8.58. The van der Waals surface area contributed by atoms with Crippen LogP contribution in [0, 0.1) is 5.92 Å².